The Morgan fingerprint density at radius 2 is 1.68 bits per heavy atom. The third kappa shape index (κ3) is 4.20. The van der Waals surface area contributed by atoms with Crippen LogP contribution in [0.2, 0.25) is 0 Å². The van der Waals surface area contributed by atoms with Gasteiger partial charge >= 0.3 is 0 Å². The molecule has 4 heteroatoms. The molecular weight excluding hydrogens is 600 g/mol. The zero-order valence-electron chi connectivity index (χ0n) is 19.2. The largest absolute Gasteiger partial charge is 0.305 e. The van der Waals surface area contributed by atoms with Crippen LogP contribution >= 0.6 is 0 Å². The number of hydrogen-bond donors (Lipinski definition) is 0. The van der Waals surface area contributed by atoms with Crippen molar-refractivity contribution in [3.63, 3.8) is 0 Å². The molecule has 0 spiro atoms. The molecule has 0 saturated carbocycles. The van der Waals surface area contributed by atoms with Gasteiger partial charge in [-0.2, -0.15) is 0 Å². The molecule has 2 nitrogen and oxygen atoms in total. The minimum absolute atomic E-state index is 0. The first-order valence-electron chi connectivity index (χ1n) is 11.0. The van der Waals surface area contributed by atoms with Gasteiger partial charge in [0.05, 0.1) is 0 Å². The van der Waals surface area contributed by atoms with E-state index >= 15 is 0 Å². The van der Waals surface area contributed by atoms with Crippen LogP contribution in [0, 0.1) is 24.9 Å². The molecule has 0 fully saturated rings. The Kier molecular flexibility index (Phi) is 6.74. The summed E-state index contributed by atoms with van der Waals surface area (Å²) in [6, 6.07) is 29.6. The van der Waals surface area contributed by atoms with Gasteiger partial charge in [-0.3, -0.25) is 0 Å². The van der Waals surface area contributed by atoms with Gasteiger partial charge in [-0.05, 0) is 45.3 Å². The molecule has 2 aromatic heterocycles. The Morgan fingerprint density at radius 1 is 0.853 bits per heavy atom. The number of rotatable bonds is 1. The van der Waals surface area contributed by atoms with E-state index < -0.39 is 0 Å². The Labute approximate surface area is 213 Å². The number of fused-ring (bicyclic) bond motifs is 2. The number of hydrogen-bond acceptors (Lipinski definition) is 2. The minimum Gasteiger partial charge on any atom is -0.305 e. The van der Waals surface area contributed by atoms with Crippen molar-refractivity contribution in [2.24, 2.45) is 0 Å². The van der Waals surface area contributed by atoms with Crippen LogP contribution in [0.1, 0.15) is 30.5 Å². The fourth-order valence-corrected chi connectivity index (χ4v) is 4.60. The van der Waals surface area contributed by atoms with Crippen molar-refractivity contribution in [2.75, 3.05) is 0 Å². The van der Waals surface area contributed by atoms with Crippen LogP contribution in [0.5, 0.6) is 0 Å². The van der Waals surface area contributed by atoms with Gasteiger partial charge in [-0.1, -0.05) is 56.7 Å². The fourth-order valence-electron chi connectivity index (χ4n) is 4.60. The van der Waals surface area contributed by atoms with Gasteiger partial charge in [0.15, 0.2) is 0 Å². The Balaban J connectivity index is 0.000000171. The van der Waals surface area contributed by atoms with Crippen molar-refractivity contribution in [1.82, 2.24) is 9.97 Å². The summed E-state index contributed by atoms with van der Waals surface area (Å²) in [6.07, 6.45) is 3.58. The molecule has 5 aromatic rings. The van der Waals surface area contributed by atoms with Crippen molar-refractivity contribution in [1.29, 1.82) is 0 Å². The number of halogens is 1. The average molecular weight is 623 g/mol. The normalized spacial score (nSPS) is 12.7. The summed E-state index contributed by atoms with van der Waals surface area (Å²) in [5, 5.41) is 2.26. The van der Waals surface area contributed by atoms with E-state index in [0.29, 0.717) is 5.56 Å². The van der Waals surface area contributed by atoms with Crippen molar-refractivity contribution >= 4 is 10.8 Å². The molecule has 1 aliphatic rings. The number of aromatic nitrogens is 2. The maximum absolute atomic E-state index is 14.4. The maximum atomic E-state index is 14.4. The standard InChI is InChI=1S/C18H13FN.C12H10N.Ir/c1-18(2)13-7-3-5-11-9-10-20-17(15(11)13)12-6-4-8-14(19)16(12)18;1-10-5-4-6-11(9-10)12-7-2-3-8-13-12;/h3-5,7-10H,1-2H3;2-5,7-9H,1H3;/q2*-1;. The van der Waals surface area contributed by atoms with Crippen LogP contribution in [-0.2, 0) is 25.5 Å². The summed E-state index contributed by atoms with van der Waals surface area (Å²) >= 11 is 0. The Morgan fingerprint density at radius 3 is 2.44 bits per heavy atom. The first-order valence-corrected chi connectivity index (χ1v) is 11.0. The van der Waals surface area contributed by atoms with Gasteiger partial charge in [-0.15, -0.1) is 59.2 Å². The second-order valence-corrected chi connectivity index (χ2v) is 8.76. The number of nitrogens with zero attached hydrogens (tertiary/aromatic N) is 2. The SMILES string of the molecule is CC1(C)c2c([c-]ccc2F)-c2nccc3cccc1c23.Cc1cc[c-]c(-c2ccccn2)c1.[Ir]. The van der Waals surface area contributed by atoms with E-state index in [1.54, 1.807) is 18.5 Å². The van der Waals surface area contributed by atoms with E-state index in [-0.39, 0.29) is 31.3 Å². The smallest absolute Gasteiger partial charge is 0.0459 e. The Bertz CT molecular complexity index is 1460. The molecule has 34 heavy (non-hydrogen) atoms. The molecule has 2 heterocycles. The molecule has 1 aliphatic carbocycles. The molecule has 171 valence electrons. The number of pyridine rings is 2. The monoisotopic (exact) mass is 623 g/mol. The molecule has 0 saturated heterocycles. The van der Waals surface area contributed by atoms with Gasteiger partial charge < -0.3 is 9.97 Å². The second-order valence-electron chi connectivity index (χ2n) is 8.76. The summed E-state index contributed by atoms with van der Waals surface area (Å²) in [5.41, 5.74) is 6.34. The molecule has 0 N–H and O–H groups in total. The summed E-state index contributed by atoms with van der Waals surface area (Å²) < 4.78 is 14.4. The van der Waals surface area contributed by atoms with Crippen LogP contribution in [0.4, 0.5) is 4.39 Å². The predicted octanol–water partition coefficient (Wildman–Crippen LogP) is 7.34. The summed E-state index contributed by atoms with van der Waals surface area (Å²) in [7, 11) is 0. The summed E-state index contributed by atoms with van der Waals surface area (Å²) in [5.74, 6) is -0.183. The average Bonchev–Trinajstić information content (AvgIpc) is 2.83. The third-order valence-electron chi connectivity index (χ3n) is 6.17. The van der Waals surface area contributed by atoms with E-state index in [1.165, 1.54) is 11.6 Å². The molecule has 0 bridgehead atoms. The fraction of sp³-hybridized carbons (Fsp3) is 0.133. The number of benzene rings is 3. The zero-order valence-corrected chi connectivity index (χ0v) is 21.6. The second kappa shape index (κ2) is 9.58. The summed E-state index contributed by atoms with van der Waals surface area (Å²) in [6.45, 7) is 6.20. The van der Waals surface area contributed by atoms with Crippen LogP contribution < -0.4 is 0 Å². The molecule has 0 unspecified atom stereocenters. The molecule has 0 atom stereocenters. The first kappa shape index (κ1) is 23.9. The predicted molar refractivity (Wildman–Crippen MR) is 131 cm³/mol. The maximum Gasteiger partial charge on any atom is 0.0459 e. The van der Waals surface area contributed by atoms with Crippen molar-refractivity contribution in [2.45, 2.75) is 26.2 Å². The molecule has 1 radical (unpaired) electrons. The van der Waals surface area contributed by atoms with Crippen molar-refractivity contribution in [3.05, 3.63) is 120 Å². The topological polar surface area (TPSA) is 25.8 Å². The van der Waals surface area contributed by atoms with Gasteiger partial charge in [-0.25, -0.2) is 4.39 Å². The van der Waals surface area contributed by atoms with Crippen LogP contribution in [-0.4, -0.2) is 9.97 Å². The van der Waals surface area contributed by atoms with E-state index in [9.17, 15) is 4.39 Å². The van der Waals surface area contributed by atoms with Gasteiger partial charge in [0, 0.05) is 38.3 Å². The number of aryl methyl sites for hydroxylation is 1. The quantitative estimate of drug-likeness (QED) is 0.183. The van der Waals surface area contributed by atoms with E-state index in [1.807, 2.05) is 42.5 Å². The molecular formula is C30H23FIrN2-2. The van der Waals surface area contributed by atoms with E-state index in [2.05, 4.69) is 61.1 Å². The third-order valence-corrected chi connectivity index (χ3v) is 6.17. The van der Waals surface area contributed by atoms with E-state index in [4.69, 9.17) is 0 Å². The van der Waals surface area contributed by atoms with Crippen LogP contribution in [0.25, 0.3) is 33.3 Å². The van der Waals surface area contributed by atoms with Crippen molar-refractivity contribution < 1.29 is 24.5 Å². The molecule has 6 rings (SSSR count). The van der Waals surface area contributed by atoms with Crippen LogP contribution in [0.15, 0.2) is 85.2 Å². The first-order chi connectivity index (χ1) is 16.0. The zero-order chi connectivity index (χ0) is 23.0. The van der Waals surface area contributed by atoms with E-state index in [0.717, 1.165) is 38.9 Å². The molecule has 3 aromatic carbocycles. The van der Waals surface area contributed by atoms with Crippen LogP contribution in [0.3, 0.4) is 0 Å². The van der Waals surface area contributed by atoms with Crippen molar-refractivity contribution in [3.8, 4) is 22.5 Å². The minimum atomic E-state index is -0.382. The summed E-state index contributed by atoms with van der Waals surface area (Å²) in [4.78, 5) is 8.75. The Hall–Kier alpha value is -3.20. The molecule has 0 aliphatic heterocycles. The van der Waals surface area contributed by atoms with Gasteiger partial charge in [0.1, 0.15) is 0 Å². The van der Waals surface area contributed by atoms with Gasteiger partial charge in [0.25, 0.3) is 0 Å². The van der Waals surface area contributed by atoms with Gasteiger partial charge in [0.2, 0.25) is 0 Å². The molecule has 0 amide bonds.